The molecule has 1 atom stereocenters. The van der Waals surface area contributed by atoms with Gasteiger partial charge in [0.25, 0.3) is 0 Å². The first-order valence-corrected chi connectivity index (χ1v) is 12.2. The largest absolute Gasteiger partial charge is 0.465 e. The van der Waals surface area contributed by atoms with E-state index in [1.165, 1.54) is 18.4 Å². The van der Waals surface area contributed by atoms with Crippen molar-refractivity contribution in [3.8, 4) is 22.1 Å². The number of ether oxygens (including phenoxy) is 3. The Labute approximate surface area is 208 Å². The van der Waals surface area contributed by atoms with E-state index in [1.807, 2.05) is 49.1 Å². The van der Waals surface area contributed by atoms with Crippen LogP contribution < -0.4 is 4.74 Å². The Balaban J connectivity index is 1.57. The number of methoxy groups -OCH3 is 2. The molecule has 35 heavy (non-hydrogen) atoms. The van der Waals surface area contributed by atoms with Gasteiger partial charge in [-0.15, -0.1) is 10.2 Å². The summed E-state index contributed by atoms with van der Waals surface area (Å²) in [5, 5.41) is 10.1. The summed E-state index contributed by atoms with van der Waals surface area (Å²) in [6.45, 7) is 7.08. The van der Waals surface area contributed by atoms with Gasteiger partial charge in [0.15, 0.2) is 0 Å². The summed E-state index contributed by atoms with van der Waals surface area (Å²) in [6.07, 6.45) is 0.548. The van der Waals surface area contributed by atoms with Crippen molar-refractivity contribution in [2.45, 2.75) is 39.3 Å². The van der Waals surface area contributed by atoms with Crippen LogP contribution in [-0.2, 0) is 26.4 Å². The number of aromatic nitrogens is 2. The molecule has 1 unspecified atom stereocenters. The molecule has 1 fully saturated rings. The summed E-state index contributed by atoms with van der Waals surface area (Å²) < 4.78 is 16.5. The lowest BCUT2D eigenvalue weighted by molar-refractivity contribution is -0.128. The molecule has 0 aliphatic carbocycles. The second-order valence-electron chi connectivity index (χ2n) is 9.15. The van der Waals surface area contributed by atoms with Gasteiger partial charge >= 0.3 is 5.97 Å². The zero-order valence-electron chi connectivity index (χ0n) is 20.5. The number of rotatable bonds is 8. The Hall–Kier alpha value is -3.30. The maximum Gasteiger partial charge on any atom is 0.337 e. The summed E-state index contributed by atoms with van der Waals surface area (Å²) in [7, 11) is 2.99. The molecule has 0 saturated carbocycles. The zero-order valence-corrected chi connectivity index (χ0v) is 21.3. The normalized spacial score (nSPS) is 16.0. The van der Waals surface area contributed by atoms with Crippen LogP contribution in [0.25, 0.3) is 10.6 Å². The van der Waals surface area contributed by atoms with E-state index in [9.17, 15) is 9.59 Å². The number of esters is 1. The predicted octanol–water partition coefficient (Wildman–Crippen LogP) is 5.03. The van der Waals surface area contributed by atoms with Crippen LogP contribution in [0.15, 0.2) is 42.5 Å². The van der Waals surface area contributed by atoms with E-state index in [-0.39, 0.29) is 5.91 Å². The number of hydrogen-bond acceptors (Lipinski definition) is 8. The van der Waals surface area contributed by atoms with Crippen molar-refractivity contribution in [2.75, 3.05) is 20.8 Å². The van der Waals surface area contributed by atoms with Crippen LogP contribution in [-0.4, -0.2) is 47.7 Å². The molecule has 0 N–H and O–H groups in total. The fraction of sp³-hybridized carbons (Fsp3) is 0.385. The Morgan fingerprint density at radius 1 is 1.14 bits per heavy atom. The molecule has 2 heterocycles. The maximum absolute atomic E-state index is 12.3. The molecule has 9 heteroatoms. The molecular weight excluding hydrogens is 466 g/mol. The van der Waals surface area contributed by atoms with Gasteiger partial charge in [0.2, 0.25) is 5.91 Å². The van der Waals surface area contributed by atoms with Crippen LogP contribution in [0, 0.1) is 5.92 Å². The van der Waals surface area contributed by atoms with Crippen molar-refractivity contribution < 1.29 is 23.8 Å². The third-order valence-electron chi connectivity index (χ3n) is 6.04. The third-order valence-corrected chi connectivity index (χ3v) is 7.31. The number of carbonyl (C=O) groups is 2. The summed E-state index contributed by atoms with van der Waals surface area (Å²) in [6, 6.07) is 12.7. The van der Waals surface area contributed by atoms with Crippen molar-refractivity contribution in [2.24, 2.45) is 5.92 Å². The fourth-order valence-corrected chi connectivity index (χ4v) is 4.75. The number of carbonyl (C=O) groups excluding carboxylic acids is 2. The fourth-order valence-electron chi connectivity index (χ4n) is 3.82. The molecule has 1 saturated heterocycles. The van der Waals surface area contributed by atoms with E-state index in [2.05, 4.69) is 17.1 Å². The molecule has 2 aromatic carbocycles. The van der Waals surface area contributed by atoms with Gasteiger partial charge in [0.05, 0.1) is 12.7 Å². The van der Waals surface area contributed by atoms with Crippen LogP contribution in [0.2, 0.25) is 0 Å². The lowest BCUT2D eigenvalue weighted by Gasteiger charge is -2.19. The minimum atomic E-state index is -0.505. The molecule has 0 bridgehead atoms. The molecule has 1 aliphatic rings. The average molecular weight is 496 g/mol. The second-order valence-corrected chi connectivity index (χ2v) is 10.1. The van der Waals surface area contributed by atoms with E-state index in [0.717, 1.165) is 21.1 Å². The van der Waals surface area contributed by atoms with Gasteiger partial charge in [-0.1, -0.05) is 24.3 Å². The second kappa shape index (κ2) is 10.1. The average Bonchev–Trinajstić information content (AvgIpc) is 3.47. The van der Waals surface area contributed by atoms with Crippen molar-refractivity contribution in [3.63, 3.8) is 0 Å². The van der Waals surface area contributed by atoms with Crippen LogP contribution in [0.5, 0.6) is 11.5 Å². The predicted molar refractivity (Wildman–Crippen MR) is 132 cm³/mol. The molecule has 4 rings (SSSR count). The number of hydrogen-bond donors (Lipinski definition) is 0. The maximum atomic E-state index is 12.3. The highest BCUT2D eigenvalue weighted by Gasteiger charge is 2.28. The van der Waals surface area contributed by atoms with E-state index >= 15 is 0 Å². The minimum Gasteiger partial charge on any atom is -0.465 e. The quantitative estimate of drug-likeness (QED) is 0.405. The SMILES string of the molecule is COC(=O)c1ccc(CN2CC(C)CC2=O)c(Oc2ccc(-c3nnc(C(C)(C)OC)s3)cc2)c1. The van der Waals surface area contributed by atoms with Gasteiger partial charge < -0.3 is 19.1 Å². The lowest BCUT2D eigenvalue weighted by atomic mass is 10.1. The highest BCUT2D eigenvalue weighted by Crippen LogP contribution is 2.34. The van der Waals surface area contributed by atoms with E-state index in [4.69, 9.17) is 14.2 Å². The van der Waals surface area contributed by atoms with Crippen LogP contribution in [0.3, 0.4) is 0 Å². The number of amides is 1. The molecular formula is C26H29N3O5S. The number of benzene rings is 2. The van der Waals surface area contributed by atoms with Gasteiger partial charge in [-0.25, -0.2) is 4.79 Å². The summed E-state index contributed by atoms with van der Waals surface area (Å²) in [5.41, 5.74) is 1.60. The lowest BCUT2D eigenvalue weighted by Crippen LogP contribution is -2.24. The van der Waals surface area contributed by atoms with Gasteiger partial charge in [0.1, 0.15) is 27.1 Å². The van der Waals surface area contributed by atoms with E-state index in [0.29, 0.717) is 42.5 Å². The highest BCUT2D eigenvalue weighted by molar-refractivity contribution is 7.14. The molecule has 1 amide bonds. The van der Waals surface area contributed by atoms with Crippen LogP contribution in [0.1, 0.15) is 48.1 Å². The number of likely N-dealkylation sites (tertiary alicyclic amines) is 1. The van der Waals surface area contributed by atoms with Gasteiger partial charge in [-0.3, -0.25) is 4.79 Å². The van der Waals surface area contributed by atoms with Crippen molar-refractivity contribution in [1.29, 1.82) is 0 Å². The molecule has 3 aromatic rings. The highest BCUT2D eigenvalue weighted by atomic mass is 32.1. The van der Waals surface area contributed by atoms with Gasteiger partial charge in [0, 0.05) is 37.7 Å². The van der Waals surface area contributed by atoms with Crippen molar-refractivity contribution in [1.82, 2.24) is 15.1 Å². The number of nitrogens with zero attached hydrogens (tertiary/aromatic N) is 3. The Morgan fingerprint density at radius 2 is 1.89 bits per heavy atom. The smallest absolute Gasteiger partial charge is 0.337 e. The van der Waals surface area contributed by atoms with Crippen molar-refractivity contribution in [3.05, 3.63) is 58.6 Å². The Morgan fingerprint density at radius 3 is 2.51 bits per heavy atom. The molecule has 8 nitrogen and oxygen atoms in total. The topological polar surface area (TPSA) is 90.9 Å². The first-order valence-electron chi connectivity index (χ1n) is 11.4. The van der Waals surface area contributed by atoms with Crippen molar-refractivity contribution >= 4 is 23.2 Å². The molecule has 1 aliphatic heterocycles. The molecule has 1 aromatic heterocycles. The standard InChI is InChI=1S/C26H29N3O5S/c1-16-12-22(30)29(14-16)15-19-7-6-18(24(31)32-4)13-21(19)34-20-10-8-17(9-11-20)23-27-28-25(35-23)26(2,3)33-5/h6-11,13,16H,12,14-15H2,1-5H3. The Bertz CT molecular complexity index is 1220. The van der Waals surface area contributed by atoms with E-state index < -0.39 is 11.6 Å². The molecule has 0 spiro atoms. The van der Waals surface area contributed by atoms with Gasteiger partial charge in [-0.05, 0) is 56.2 Å². The molecule has 0 radical (unpaired) electrons. The van der Waals surface area contributed by atoms with Gasteiger partial charge in [-0.2, -0.15) is 0 Å². The summed E-state index contributed by atoms with van der Waals surface area (Å²) in [5.74, 6) is 1.10. The first-order chi connectivity index (χ1) is 16.7. The first kappa shape index (κ1) is 24.8. The monoisotopic (exact) mass is 495 g/mol. The summed E-state index contributed by atoms with van der Waals surface area (Å²) in [4.78, 5) is 26.3. The van der Waals surface area contributed by atoms with E-state index in [1.54, 1.807) is 19.2 Å². The minimum absolute atomic E-state index is 0.123. The summed E-state index contributed by atoms with van der Waals surface area (Å²) >= 11 is 1.48. The van der Waals surface area contributed by atoms with Crippen LogP contribution >= 0.6 is 11.3 Å². The zero-order chi connectivity index (χ0) is 25.2. The molecule has 184 valence electrons. The Kier molecular flexibility index (Phi) is 7.18. The van der Waals surface area contributed by atoms with Crippen LogP contribution in [0.4, 0.5) is 0 Å². The third kappa shape index (κ3) is 5.52.